The van der Waals surface area contributed by atoms with Crippen LogP contribution in [0.15, 0.2) is 77.9 Å². The summed E-state index contributed by atoms with van der Waals surface area (Å²) < 4.78 is 0. The number of aromatic amines is 1. The van der Waals surface area contributed by atoms with E-state index in [0.29, 0.717) is 58.2 Å². The second-order valence-electron chi connectivity index (χ2n) is 14.3. The van der Waals surface area contributed by atoms with Crippen molar-refractivity contribution in [1.82, 2.24) is 25.8 Å². The molecule has 0 spiro atoms. The zero-order valence-corrected chi connectivity index (χ0v) is 31.7. The SMILES string of the molecule is NCCCC[C@H](NC(=O)[C@@H]1CCCN1C(=O)Cc1cccc2ccccc12)C(=O)N[C@@H](CCCCN=C(N)N)C(=O)N[C@@H](Cc1c[nH]c2ccccc12)C(N)=O. The summed E-state index contributed by atoms with van der Waals surface area (Å²) >= 11 is 0. The predicted molar refractivity (Wildman–Crippen MR) is 217 cm³/mol. The molecule has 0 aliphatic carbocycles. The molecule has 0 radical (unpaired) electrons. The minimum absolute atomic E-state index is 0.0543. The first kappa shape index (κ1) is 41.2. The highest BCUT2D eigenvalue weighted by Crippen LogP contribution is 2.24. The first-order chi connectivity index (χ1) is 27.0. The number of carbonyl (C=O) groups excluding carboxylic acids is 5. The number of nitrogens with two attached hydrogens (primary N) is 4. The van der Waals surface area contributed by atoms with Crippen molar-refractivity contribution in [2.75, 3.05) is 19.6 Å². The van der Waals surface area contributed by atoms with E-state index < -0.39 is 47.8 Å². The van der Waals surface area contributed by atoms with Gasteiger partial charge in [0.15, 0.2) is 5.96 Å². The number of likely N-dealkylation sites (tertiary alicyclic amines) is 1. The number of carbonyl (C=O) groups is 5. The summed E-state index contributed by atoms with van der Waals surface area (Å²) in [7, 11) is 0. The molecule has 56 heavy (non-hydrogen) atoms. The van der Waals surface area contributed by atoms with E-state index in [0.717, 1.165) is 32.8 Å². The third kappa shape index (κ3) is 11.1. The van der Waals surface area contributed by atoms with Gasteiger partial charge in [0.05, 0.1) is 6.42 Å². The number of aliphatic imine (C=N–C) groups is 1. The summed E-state index contributed by atoms with van der Waals surface area (Å²) in [5, 5.41) is 11.4. The molecule has 1 saturated heterocycles. The first-order valence-corrected chi connectivity index (χ1v) is 19.3. The van der Waals surface area contributed by atoms with E-state index >= 15 is 0 Å². The van der Waals surface area contributed by atoms with Crippen LogP contribution < -0.4 is 38.9 Å². The van der Waals surface area contributed by atoms with E-state index in [9.17, 15) is 24.0 Å². The zero-order valence-electron chi connectivity index (χ0n) is 31.7. The van der Waals surface area contributed by atoms with Gasteiger partial charge in [-0.1, -0.05) is 60.7 Å². The second-order valence-corrected chi connectivity index (χ2v) is 14.3. The molecule has 0 unspecified atom stereocenters. The minimum atomic E-state index is -1.08. The fraction of sp³-hybridized carbons (Fsp3) is 0.415. The number of H-pyrrole nitrogens is 1. The number of amides is 5. The molecule has 15 nitrogen and oxygen atoms in total. The molecular formula is C41H54N10O5. The van der Waals surface area contributed by atoms with Gasteiger partial charge in [0, 0.05) is 36.6 Å². The second kappa shape index (κ2) is 20.1. The van der Waals surface area contributed by atoms with Crippen molar-refractivity contribution >= 4 is 57.2 Å². The molecule has 4 atom stereocenters. The number of guanidine groups is 1. The van der Waals surface area contributed by atoms with Gasteiger partial charge in [-0.15, -0.1) is 0 Å². The van der Waals surface area contributed by atoms with Crippen molar-refractivity contribution in [3.63, 3.8) is 0 Å². The molecule has 12 N–H and O–H groups in total. The zero-order chi connectivity index (χ0) is 40.0. The van der Waals surface area contributed by atoms with Crippen LogP contribution in [0.3, 0.4) is 0 Å². The van der Waals surface area contributed by atoms with Crippen LogP contribution in [-0.2, 0) is 36.8 Å². The van der Waals surface area contributed by atoms with Gasteiger partial charge in [-0.05, 0) is 85.9 Å². The van der Waals surface area contributed by atoms with E-state index in [4.69, 9.17) is 22.9 Å². The van der Waals surface area contributed by atoms with Crippen molar-refractivity contribution in [2.45, 2.75) is 88.4 Å². The van der Waals surface area contributed by atoms with Gasteiger partial charge in [0.1, 0.15) is 24.2 Å². The van der Waals surface area contributed by atoms with Crippen LogP contribution in [-0.4, -0.2) is 89.2 Å². The number of hydrogen-bond acceptors (Lipinski definition) is 7. The smallest absolute Gasteiger partial charge is 0.243 e. The summed E-state index contributed by atoms with van der Waals surface area (Å²) in [6.07, 6.45) is 5.71. The molecule has 1 aliphatic heterocycles. The maximum absolute atomic E-state index is 14.0. The van der Waals surface area contributed by atoms with Crippen LogP contribution >= 0.6 is 0 Å². The van der Waals surface area contributed by atoms with E-state index in [1.165, 1.54) is 0 Å². The van der Waals surface area contributed by atoms with Crippen LogP contribution in [0.25, 0.3) is 21.7 Å². The topological polar surface area (TPSA) is 257 Å². The maximum Gasteiger partial charge on any atom is 0.243 e. The Bertz CT molecular complexity index is 2020. The summed E-state index contributed by atoms with van der Waals surface area (Å²) in [5.74, 6) is -2.56. The number of benzene rings is 3. The lowest BCUT2D eigenvalue weighted by atomic mass is 10.0. The molecule has 0 bridgehead atoms. The Labute approximate surface area is 326 Å². The Morgan fingerprint density at radius 1 is 0.768 bits per heavy atom. The Kier molecular flexibility index (Phi) is 14.8. The van der Waals surface area contributed by atoms with Crippen LogP contribution in [0.1, 0.15) is 62.5 Å². The highest BCUT2D eigenvalue weighted by Gasteiger charge is 2.36. The average molecular weight is 767 g/mol. The Morgan fingerprint density at radius 2 is 1.43 bits per heavy atom. The monoisotopic (exact) mass is 766 g/mol. The van der Waals surface area contributed by atoms with Crippen LogP contribution in [0.5, 0.6) is 0 Å². The number of hydrogen-bond donors (Lipinski definition) is 8. The van der Waals surface area contributed by atoms with Crippen molar-refractivity contribution in [3.05, 3.63) is 84.1 Å². The van der Waals surface area contributed by atoms with Crippen molar-refractivity contribution in [2.24, 2.45) is 27.9 Å². The number of para-hydroxylation sites is 1. The lowest BCUT2D eigenvalue weighted by Gasteiger charge is -2.28. The van der Waals surface area contributed by atoms with Crippen molar-refractivity contribution in [3.8, 4) is 0 Å². The number of unbranched alkanes of at least 4 members (excludes halogenated alkanes) is 2. The fourth-order valence-electron chi connectivity index (χ4n) is 7.30. The van der Waals surface area contributed by atoms with E-state index in [1.54, 1.807) is 11.1 Å². The summed E-state index contributed by atoms with van der Waals surface area (Å²) in [5.41, 5.74) is 25.0. The Morgan fingerprint density at radius 3 is 2.16 bits per heavy atom. The fourth-order valence-corrected chi connectivity index (χ4v) is 7.30. The largest absolute Gasteiger partial charge is 0.370 e. The molecular weight excluding hydrogens is 713 g/mol. The van der Waals surface area contributed by atoms with Crippen LogP contribution in [0.4, 0.5) is 0 Å². The number of nitrogens with one attached hydrogen (secondary N) is 4. The van der Waals surface area contributed by atoms with Crippen LogP contribution in [0.2, 0.25) is 0 Å². The number of aromatic nitrogens is 1. The minimum Gasteiger partial charge on any atom is -0.370 e. The quantitative estimate of drug-likeness (QED) is 0.0372. The summed E-state index contributed by atoms with van der Waals surface area (Å²) in [6, 6.07) is 17.3. The highest BCUT2D eigenvalue weighted by molar-refractivity contribution is 5.97. The molecule has 0 saturated carbocycles. The summed E-state index contributed by atoms with van der Waals surface area (Å²) in [4.78, 5) is 76.8. The van der Waals surface area contributed by atoms with E-state index in [1.807, 2.05) is 66.7 Å². The first-order valence-electron chi connectivity index (χ1n) is 19.3. The molecule has 298 valence electrons. The number of rotatable bonds is 20. The number of primary amides is 1. The van der Waals surface area contributed by atoms with E-state index in [-0.39, 0.29) is 37.6 Å². The number of nitrogens with zero attached hydrogens (tertiary/aromatic N) is 2. The summed E-state index contributed by atoms with van der Waals surface area (Å²) in [6.45, 7) is 1.14. The molecule has 1 aromatic heterocycles. The molecule has 2 heterocycles. The van der Waals surface area contributed by atoms with Gasteiger partial charge in [-0.25, -0.2) is 0 Å². The Balaban J connectivity index is 1.29. The molecule has 15 heteroatoms. The van der Waals surface area contributed by atoms with Gasteiger partial charge < -0.3 is 48.8 Å². The molecule has 3 aromatic carbocycles. The van der Waals surface area contributed by atoms with Crippen LogP contribution in [0, 0.1) is 0 Å². The van der Waals surface area contributed by atoms with Gasteiger partial charge in [0.2, 0.25) is 29.5 Å². The third-order valence-corrected chi connectivity index (χ3v) is 10.3. The van der Waals surface area contributed by atoms with Gasteiger partial charge in [-0.3, -0.25) is 29.0 Å². The lowest BCUT2D eigenvalue weighted by molar-refractivity contribution is -0.139. The van der Waals surface area contributed by atoms with Crippen molar-refractivity contribution in [1.29, 1.82) is 0 Å². The predicted octanol–water partition coefficient (Wildman–Crippen LogP) is 1.61. The standard InChI is InChI=1S/C41H54N10O5/c42-20-7-5-17-33(49-40(56)35-19-10-22-51(35)36(52)24-27-13-9-12-26-11-1-2-14-29(26)27)38(54)48-32(18-6-8-21-46-41(44)45)39(55)50-34(37(43)53)23-28-25-47-31-16-4-3-15-30(28)31/h1-4,9,11-16,25,32-35,47H,5-8,10,17-24,42H2,(H2,43,53)(H,48,54)(H,49,56)(H,50,55)(H4,44,45,46)/t32-,33-,34-,35-/m0/s1. The average Bonchev–Trinajstić information content (AvgIpc) is 3.85. The molecule has 1 fully saturated rings. The van der Waals surface area contributed by atoms with Gasteiger partial charge >= 0.3 is 0 Å². The molecule has 4 aromatic rings. The third-order valence-electron chi connectivity index (χ3n) is 10.3. The van der Waals surface area contributed by atoms with E-state index in [2.05, 4.69) is 25.9 Å². The number of fused-ring (bicyclic) bond motifs is 2. The molecule has 5 rings (SSSR count). The maximum atomic E-state index is 14.0. The molecule has 1 aliphatic rings. The van der Waals surface area contributed by atoms with Crippen molar-refractivity contribution < 1.29 is 24.0 Å². The Hall–Kier alpha value is -5.96. The lowest BCUT2D eigenvalue weighted by Crippen LogP contribution is -2.58. The van der Waals surface area contributed by atoms with Gasteiger partial charge in [0.25, 0.3) is 0 Å². The van der Waals surface area contributed by atoms with Gasteiger partial charge in [-0.2, -0.15) is 0 Å². The highest BCUT2D eigenvalue weighted by atomic mass is 16.2. The normalized spacial score (nSPS) is 15.5. The molecule has 5 amide bonds.